The lowest BCUT2D eigenvalue weighted by Crippen LogP contribution is -2.59. The number of rotatable bonds is 3. The van der Waals surface area contributed by atoms with E-state index in [1.165, 1.54) is 18.3 Å². The summed E-state index contributed by atoms with van der Waals surface area (Å²) in [7, 11) is 1.30. The fraction of sp³-hybridized carbons (Fsp3) is 0.360. The molecule has 1 aliphatic heterocycles. The van der Waals surface area contributed by atoms with Gasteiger partial charge in [0.25, 0.3) is 0 Å². The molecular weight excluding hydrogens is 491 g/mol. The summed E-state index contributed by atoms with van der Waals surface area (Å²) >= 11 is 12.6. The lowest BCUT2D eigenvalue weighted by Gasteiger charge is -2.40. The molecule has 0 N–H and O–H groups in total. The van der Waals surface area contributed by atoms with E-state index in [-0.39, 0.29) is 13.1 Å². The molecule has 1 aromatic heterocycles. The first-order chi connectivity index (χ1) is 16.6. The van der Waals surface area contributed by atoms with Crippen LogP contribution >= 0.6 is 23.2 Å². The number of nitrogens with zero attached hydrogens (tertiary/aromatic N) is 4. The van der Waals surface area contributed by atoms with Crippen molar-refractivity contribution in [1.29, 1.82) is 0 Å². The predicted molar refractivity (Wildman–Crippen MR) is 136 cm³/mol. The van der Waals surface area contributed by atoms with E-state index in [1.54, 1.807) is 39.0 Å². The summed E-state index contributed by atoms with van der Waals surface area (Å²) < 4.78 is 10.5. The van der Waals surface area contributed by atoms with Gasteiger partial charge in [-0.25, -0.2) is 19.6 Å². The topological polar surface area (TPSA) is 84.9 Å². The third-order valence-electron chi connectivity index (χ3n) is 5.64. The summed E-state index contributed by atoms with van der Waals surface area (Å²) in [6.45, 7) is 6.24. The molecule has 2 heterocycles. The van der Waals surface area contributed by atoms with E-state index in [9.17, 15) is 9.59 Å². The lowest BCUT2D eigenvalue weighted by molar-refractivity contribution is -0.147. The highest BCUT2D eigenvalue weighted by Gasteiger charge is 2.39. The number of carbonyl (C=O) groups is 2. The van der Waals surface area contributed by atoms with Crippen LogP contribution in [0.1, 0.15) is 20.8 Å². The Morgan fingerprint density at radius 3 is 2.43 bits per heavy atom. The van der Waals surface area contributed by atoms with Gasteiger partial charge < -0.3 is 14.4 Å². The maximum Gasteiger partial charge on any atom is 0.411 e. The molecule has 1 unspecified atom stereocenters. The average molecular weight is 517 g/mol. The molecular formula is C25H26Cl2N4O4. The van der Waals surface area contributed by atoms with Gasteiger partial charge in [0.2, 0.25) is 0 Å². The van der Waals surface area contributed by atoms with Gasteiger partial charge in [-0.05, 0) is 50.6 Å². The van der Waals surface area contributed by atoms with Gasteiger partial charge in [0.05, 0.1) is 24.2 Å². The minimum Gasteiger partial charge on any atom is -0.467 e. The fourth-order valence-electron chi connectivity index (χ4n) is 4.02. The summed E-state index contributed by atoms with van der Waals surface area (Å²) in [5, 5.41) is 1.95. The molecule has 0 saturated carbocycles. The number of carbonyl (C=O) groups excluding carboxylic acids is 2. The van der Waals surface area contributed by atoms with E-state index in [2.05, 4.69) is 9.97 Å². The van der Waals surface area contributed by atoms with Crippen LogP contribution in [0.25, 0.3) is 22.0 Å². The highest BCUT2D eigenvalue weighted by Crippen LogP contribution is 2.35. The number of amides is 1. The Kier molecular flexibility index (Phi) is 7.05. The van der Waals surface area contributed by atoms with E-state index >= 15 is 0 Å². The number of benzene rings is 2. The molecule has 0 spiro atoms. The van der Waals surface area contributed by atoms with Gasteiger partial charge in [-0.1, -0.05) is 35.3 Å². The van der Waals surface area contributed by atoms with E-state index in [4.69, 9.17) is 32.7 Å². The van der Waals surface area contributed by atoms with Crippen molar-refractivity contribution in [3.8, 4) is 11.1 Å². The van der Waals surface area contributed by atoms with Gasteiger partial charge in [-0.15, -0.1) is 0 Å². The molecule has 184 valence electrons. The second-order valence-corrected chi connectivity index (χ2v) is 10.1. The molecule has 1 amide bonds. The van der Waals surface area contributed by atoms with Crippen molar-refractivity contribution in [2.45, 2.75) is 32.4 Å². The van der Waals surface area contributed by atoms with Gasteiger partial charge in [0, 0.05) is 29.1 Å². The second kappa shape index (κ2) is 9.87. The van der Waals surface area contributed by atoms with E-state index in [0.29, 0.717) is 27.9 Å². The molecule has 4 rings (SSSR count). The summed E-state index contributed by atoms with van der Waals surface area (Å²) in [6.07, 6.45) is 0.903. The molecule has 35 heavy (non-hydrogen) atoms. The number of piperazine rings is 1. The average Bonchev–Trinajstić information content (AvgIpc) is 2.82. The molecule has 0 radical (unpaired) electrons. The smallest absolute Gasteiger partial charge is 0.411 e. The van der Waals surface area contributed by atoms with Crippen LogP contribution in [0.4, 0.5) is 10.6 Å². The molecule has 0 aliphatic carbocycles. The zero-order valence-electron chi connectivity index (χ0n) is 19.9. The van der Waals surface area contributed by atoms with Gasteiger partial charge in [0.1, 0.15) is 17.7 Å². The largest absolute Gasteiger partial charge is 0.467 e. The quantitative estimate of drug-likeness (QED) is 0.442. The SMILES string of the molecule is COC(=O)C1CN(c2ncnc3cc(Cl)c(-c4ccc(Cl)cc4)cc23)CCN1C(=O)OC(C)(C)C. The van der Waals surface area contributed by atoms with Crippen LogP contribution in [-0.4, -0.2) is 65.3 Å². The zero-order chi connectivity index (χ0) is 25.3. The van der Waals surface area contributed by atoms with Crippen LogP contribution in [0.5, 0.6) is 0 Å². The summed E-state index contributed by atoms with van der Waals surface area (Å²) in [5.74, 6) is 0.114. The molecule has 2 aromatic carbocycles. The number of methoxy groups -OCH3 is 1. The normalized spacial score (nSPS) is 16.3. The van der Waals surface area contributed by atoms with Gasteiger partial charge >= 0.3 is 12.1 Å². The molecule has 1 atom stereocenters. The Bertz CT molecular complexity index is 1260. The molecule has 3 aromatic rings. The first-order valence-electron chi connectivity index (χ1n) is 11.1. The Balaban J connectivity index is 1.70. The van der Waals surface area contributed by atoms with Crippen LogP contribution in [0.15, 0.2) is 42.7 Å². The van der Waals surface area contributed by atoms with Crippen LogP contribution in [0.3, 0.4) is 0 Å². The third kappa shape index (κ3) is 5.44. The van der Waals surface area contributed by atoms with Crippen molar-refractivity contribution in [3.63, 3.8) is 0 Å². The number of fused-ring (bicyclic) bond motifs is 1. The standard InChI is InChI=1S/C25H26Cl2N4O4/c1-25(2,3)35-24(33)31-10-9-30(13-21(31)23(32)34-4)22-18-11-17(15-5-7-16(26)8-6-15)19(27)12-20(18)28-14-29-22/h5-8,11-12,14,21H,9-10,13H2,1-4H3. The lowest BCUT2D eigenvalue weighted by atomic mass is 10.0. The molecule has 1 saturated heterocycles. The van der Waals surface area contributed by atoms with Crippen LogP contribution in [0, 0.1) is 0 Å². The first kappa shape index (κ1) is 25.0. The van der Waals surface area contributed by atoms with Crippen molar-refractivity contribution >= 4 is 52.0 Å². The molecule has 1 fully saturated rings. The Morgan fingerprint density at radius 2 is 1.77 bits per heavy atom. The van der Waals surface area contributed by atoms with Crippen molar-refractivity contribution < 1.29 is 19.1 Å². The fourth-order valence-corrected chi connectivity index (χ4v) is 4.41. The number of hydrogen-bond donors (Lipinski definition) is 0. The number of aromatic nitrogens is 2. The second-order valence-electron chi connectivity index (χ2n) is 9.21. The minimum atomic E-state index is -0.850. The minimum absolute atomic E-state index is 0.191. The van der Waals surface area contributed by atoms with Crippen molar-refractivity contribution in [3.05, 3.63) is 52.8 Å². The summed E-state index contributed by atoms with van der Waals surface area (Å²) in [6, 6.07) is 10.3. The molecule has 8 nitrogen and oxygen atoms in total. The van der Waals surface area contributed by atoms with Crippen LogP contribution in [0.2, 0.25) is 10.0 Å². The number of ether oxygens (including phenoxy) is 2. The van der Waals surface area contributed by atoms with Gasteiger partial charge in [-0.3, -0.25) is 4.90 Å². The van der Waals surface area contributed by atoms with E-state index in [0.717, 1.165) is 16.5 Å². The Morgan fingerprint density at radius 1 is 1.06 bits per heavy atom. The van der Waals surface area contributed by atoms with Crippen molar-refractivity contribution in [1.82, 2.24) is 14.9 Å². The van der Waals surface area contributed by atoms with E-state index < -0.39 is 23.7 Å². The van der Waals surface area contributed by atoms with Crippen LogP contribution in [-0.2, 0) is 14.3 Å². The highest BCUT2D eigenvalue weighted by atomic mass is 35.5. The van der Waals surface area contributed by atoms with Crippen molar-refractivity contribution in [2.75, 3.05) is 31.6 Å². The van der Waals surface area contributed by atoms with Crippen LogP contribution < -0.4 is 4.90 Å². The third-order valence-corrected chi connectivity index (χ3v) is 6.20. The predicted octanol–water partition coefficient (Wildman–Crippen LogP) is 5.20. The number of halogens is 2. The highest BCUT2D eigenvalue weighted by molar-refractivity contribution is 6.34. The van der Waals surface area contributed by atoms with Crippen molar-refractivity contribution in [2.24, 2.45) is 0 Å². The maximum atomic E-state index is 12.8. The number of hydrogen-bond acceptors (Lipinski definition) is 7. The molecule has 1 aliphatic rings. The Labute approximate surface area is 213 Å². The zero-order valence-corrected chi connectivity index (χ0v) is 21.4. The number of esters is 1. The molecule has 0 bridgehead atoms. The number of anilines is 1. The van der Waals surface area contributed by atoms with Gasteiger partial charge in [-0.2, -0.15) is 0 Å². The van der Waals surface area contributed by atoms with E-state index in [1.807, 2.05) is 23.1 Å². The summed E-state index contributed by atoms with van der Waals surface area (Å²) in [4.78, 5) is 37.7. The van der Waals surface area contributed by atoms with Gasteiger partial charge in [0.15, 0.2) is 6.04 Å². The Hall–Kier alpha value is -3.10. The first-order valence-corrected chi connectivity index (χ1v) is 11.9. The molecule has 10 heteroatoms. The monoisotopic (exact) mass is 516 g/mol. The summed E-state index contributed by atoms with van der Waals surface area (Å²) in [5.41, 5.74) is 1.69. The maximum absolute atomic E-state index is 12.8.